The fraction of sp³-hybridized carbons (Fsp3) is 0.111. The summed E-state index contributed by atoms with van der Waals surface area (Å²) in [6.07, 6.45) is 2.17. The number of aryl methyl sites for hydroxylation is 1. The van der Waals surface area contributed by atoms with E-state index >= 15 is 0 Å². The molecule has 7 nitrogen and oxygen atoms in total. The number of nitrogens with one attached hydrogen (secondary N) is 2. The van der Waals surface area contributed by atoms with Crippen LogP contribution in [0.2, 0.25) is 0 Å². The van der Waals surface area contributed by atoms with Gasteiger partial charge in [-0.15, -0.1) is 0 Å². The normalized spacial score (nSPS) is 11.5. The highest BCUT2D eigenvalue weighted by molar-refractivity contribution is 7.85. The number of hydrogen-bond donors (Lipinski definition) is 3. The minimum Gasteiger partial charge on any atom is -0.360 e. The molecule has 1 amide bonds. The Morgan fingerprint density at radius 3 is 2.46 bits per heavy atom. The topological polar surface area (TPSA) is 119 Å². The average Bonchev–Trinajstić information content (AvgIpc) is 2.62. The summed E-state index contributed by atoms with van der Waals surface area (Å²) in [5.74, 6) is -0.710. The van der Waals surface area contributed by atoms with E-state index in [1.165, 1.54) is 24.4 Å². The van der Waals surface area contributed by atoms with Crippen molar-refractivity contribution < 1.29 is 17.8 Å². The third-order valence-electron chi connectivity index (χ3n) is 3.50. The fourth-order valence-electron chi connectivity index (χ4n) is 2.07. The minimum absolute atomic E-state index is 0.138. The van der Waals surface area contributed by atoms with Crippen LogP contribution < -0.4 is 10.6 Å². The number of carbonyl (C=O) groups excluding carboxylic acids is 1. The van der Waals surface area contributed by atoms with Crippen LogP contribution in [0.3, 0.4) is 0 Å². The highest BCUT2D eigenvalue weighted by Crippen LogP contribution is 2.16. The largest absolute Gasteiger partial charge is 0.360 e. The summed E-state index contributed by atoms with van der Waals surface area (Å²) in [4.78, 5) is 11.8. The predicted molar refractivity (Wildman–Crippen MR) is 98.0 cm³/mol. The quantitative estimate of drug-likeness (QED) is 0.408. The van der Waals surface area contributed by atoms with E-state index in [4.69, 9.17) is 9.81 Å². The van der Waals surface area contributed by atoms with Crippen LogP contribution in [0.5, 0.6) is 0 Å². The van der Waals surface area contributed by atoms with E-state index in [9.17, 15) is 13.2 Å². The molecule has 0 aliphatic carbocycles. The van der Waals surface area contributed by atoms with E-state index in [1.54, 1.807) is 6.07 Å². The number of rotatable bonds is 6. The number of carbonyl (C=O) groups is 1. The Kier molecular flexibility index (Phi) is 6.11. The third kappa shape index (κ3) is 5.17. The molecule has 0 fully saturated rings. The molecule has 0 spiro atoms. The van der Waals surface area contributed by atoms with Crippen molar-refractivity contribution in [3.8, 4) is 6.07 Å². The lowest BCUT2D eigenvalue weighted by Gasteiger charge is -2.07. The Labute approximate surface area is 151 Å². The number of amides is 1. The maximum absolute atomic E-state index is 12.2. The molecule has 0 heterocycles. The van der Waals surface area contributed by atoms with Crippen LogP contribution in [0.1, 0.15) is 12.5 Å². The van der Waals surface area contributed by atoms with Gasteiger partial charge in [0.15, 0.2) is 0 Å². The molecule has 0 unspecified atom stereocenters. The van der Waals surface area contributed by atoms with Gasteiger partial charge in [0.2, 0.25) is 0 Å². The van der Waals surface area contributed by atoms with Crippen molar-refractivity contribution in [3.05, 3.63) is 65.9 Å². The van der Waals surface area contributed by atoms with Gasteiger partial charge in [0.1, 0.15) is 11.6 Å². The van der Waals surface area contributed by atoms with Crippen molar-refractivity contribution in [1.29, 1.82) is 5.26 Å². The summed E-state index contributed by atoms with van der Waals surface area (Å²) in [7, 11) is -4.38. The minimum atomic E-state index is -4.38. The van der Waals surface area contributed by atoms with Crippen molar-refractivity contribution in [2.45, 2.75) is 18.2 Å². The Morgan fingerprint density at radius 1 is 1.19 bits per heavy atom. The summed E-state index contributed by atoms with van der Waals surface area (Å²) in [5, 5.41) is 14.4. The second kappa shape index (κ2) is 8.29. The van der Waals surface area contributed by atoms with Crippen molar-refractivity contribution >= 4 is 27.4 Å². The number of anilines is 2. The van der Waals surface area contributed by atoms with E-state index < -0.39 is 16.0 Å². The molecule has 3 N–H and O–H groups in total. The first-order valence-corrected chi connectivity index (χ1v) is 9.12. The van der Waals surface area contributed by atoms with Crippen LogP contribution in [0.15, 0.2) is 65.2 Å². The second-order valence-corrected chi connectivity index (χ2v) is 6.74. The molecule has 0 saturated carbocycles. The lowest BCUT2D eigenvalue weighted by atomic mass is 10.1. The zero-order chi connectivity index (χ0) is 19.2. The molecule has 8 heteroatoms. The van der Waals surface area contributed by atoms with Crippen molar-refractivity contribution in [2.75, 3.05) is 10.6 Å². The summed E-state index contributed by atoms with van der Waals surface area (Å²) in [6, 6.07) is 14.4. The van der Waals surface area contributed by atoms with E-state index in [0.717, 1.165) is 23.7 Å². The van der Waals surface area contributed by atoms with Crippen molar-refractivity contribution in [1.82, 2.24) is 0 Å². The highest BCUT2D eigenvalue weighted by Gasteiger charge is 2.13. The molecule has 2 rings (SSSR count). The first-order valence-electron chi connectivity index (χ1n) is 7.68. The van der Waals surface area contributed by atoms with Gasteiger partial charge in [-0.3, -0.25) is 9.35 Å². The smallest absolute Gasteiger partial charge is 0.294 e. The van der Waals surface area contributed by atoms with E-state index in [1.807, 2.05) is 31.2 Å². The molecule has 0 saturated heterocycles. The number of nitriles is 1. The van der Waals surface area contributed by atoms with E-state index in [-0.39, 0.29) is 16.2 Å². The van der Waals surface area contributed by atoms with Gasteiger partial charge in [-0.25, -0.2) is 0 Å². The van der Waals surface area contributed by atoms with Gasteiger partial charge in [-0.05, 0) is 42.3 Å². The third-order valence-corrected chi connectivity index (χ3v) is 4.35. The van der Waals surface area contributed by atoms with Gasteiger partial charge in [0, 0.05) is 17.6 Å². The van der Waals surface area contributed by atoms with Crippen molar-refractivity contribution in [3.63, 3.8) is 0 Å². The molecule has 134 valence electrons. The summed E-state index contributed by atoms with van der Waals surface area (Å²) in [5.41, 5.74) is 1.83. The van der Waals surface area contributed by atoms with E-state index in [2.05, 4.69) is 10.6 Å². The maximum Gasteiger partial charge on any atom is 0.294 e. The van der Waals surface area contributed by atoms with Gasteiger partial charge < -0.3 is 10.6 Å². The standard InChI is InChI=1S/C18H17N3O4S/c1-2-13-6-8-15(9-7-13)20-12-14(11-19)18(22)21-16-4-3-5-17(10-16)26(23,24)25/h3-10,12,20H,2H2,1H3,(H,21,22)(H,23,24,25)/b14-12-. The molecule has 0 aliphatic rings. The second-order valence-electron chi connectivity index (χ2n) is 5.32. The fourth-order valence-corrected chi connectivity index (χ4v) is 2.60. The zero-order valence-electron chi connectivity index (χ0n) is 13.9. The predicted octanol–water partition coefficient (Wildman–Crippen LogP) is 2.95. The van der Waals surface area contributed by atoms with Crippen LogP contribution in [0.25, 0.3) is 0 Å². The van der Waals surface area contributed by atoms with Crippen LogP contribution in [-0.4, -0.2) is 18.9 Å². The van der Waals surface area contributed by atoms with Crippen LogP contribution in [0.4, 0.5) is 11.4 Å². The number of benzene rings is 2. The summed E-state index contributed by atoms with van der Waals surface area (Å²) >= 11 is 0. The average molecular weight is 371 g/mol. The van der Waals surface area contributed by atoms with Gasteiger partial charge in [0.25, 0.3) is 16.0 Å². The van der Waals surface area contributed by atoms with Gasteiger partial charge >= 0.3 is 0 Å². The lowest BCUT2D eigenvalue weighted by molar-refractivity contribution is -0.112. The molecule has 26 heavy (non-hydrogen) atoms. The molecule has 0 atom stereocenters. The Bertz CT molecular complexity index is 974. The Morgan fingerprint density at radius 2 is 1.88 bits per heavy atom. The van der Waals surface area contributed by atoms with Crippen molar-refractivity contribution in [2.24, 2.45) is 0 Å². The Balaban J connectivity index is 2.12. The van der Waals surface area contributed by atoms with Gasteiger partial charge in [0.05, 0.1) is 4.90 Å². The first-order chi connectivity index (χ1) is 12.3. The highest BCUT2D eigenvalue weighted by atomic mass is 32.2. The van der Waals surface area contributed by atoms with Crippen LogP contribution >= 0.6 is 0 Å². The van der Waals surface area contributed by atoms with Crippen LogP contribution in [-0.2, 0) is 21.3 Å². The molecule has 0 bridgehead atoms. The summed E-state index contributed by atoms with van der Waals surface area (Å²) in [6.45, 7) is 2.04. The molecule has 2 aromatic carbocycles. The van der Waals surface area contributed by atoms with Gasteiger partial charge in [-0.1, -0.05) is 25.1 Å². The number of hydrogen-bond acceptors (Lipinski definition) is 5. The van der Waals surface area contributed by atoms with Crippen LogP contribution in [0, 0.1) is 11.3 Å². The molecule has 0 radical (unpaired) electrons. The molecular weight excluding hydrogens is 354 g/mol. The molecule has 2 aromatic rings. The summed E-state index contributed by atoms with van der Waals surface area (Å²) < 4.78 is 31.3. The monoisotopic (exact) mass is 371 g/mol. The van der Waals surface area contributed by atoms with Gasteiger partial charge in [-0.2, -0.15) is 13.7 Å². The zero-order valence-corrected chi connectivity index (χ0v) is 14.7. The number of nitrogens with zero attached hydrogens (tertiary/aromatic N) is 1. The first kappa shape index (κ1) is 19.2. The SMILES string of the molecule is CCc1ccc(N/C=C(/C#N)C(=O)Nc2cccc(S(=O)(=O)O)c2)cc1. The Hall–Kier alpha value is -3.15. The molecular formula is C18H17N3O4S. The molecule has 0 aliphatic heterocycles. The maximum atomic E-state index is 12.2. The molecule has 0 aromatic heterocycles. The van der Waals surface area contributed by atoms with E-state index in [0.29, 0.717) is 0 Å². The lowest BCUT2D eigenvalue weighted by Crippen LogP contribution is -2.15.